The van der Waals surface area contributed by atoms with Crippen molar-refractivity contribution in [1.82, 2.24) is 19.7 Å². The molecule has 0 saturated carbocycles. The molecule has 0 amide bonds. The Morgan fingerprint density at radius 1 is 1.61 bits per heavy atom. The number of H-pyrrole nitrogens is 1. The van der Waals surface area contributed by atoms with Crippen LogP contribution < -0.4 is 11.4 Å². The minimum Gasteiger partial charge on any atom is -0.397 e. The summed E-state index contributed by atoms with van der Waals surface area (Å²) in [5.74, 6) is 0. The molecular weight excluding hydrogens is 318 g/mol. The van der Waals surface area contributed by atoms with Gasteiger partial charge in [0.25, 0.3) is 0 Å². The van der Waals surface area contributed by atoms with E-state index in [1.807, 2.05) is 6.92 Å². The van der Waals surface area contributed by atoms with Crippen molar-refractivity contribution < 1.29 is 0 Å². The van der Waals surface area contributed by atoms with Gasteiger partial charge in [-0.3, -0.25) is 4.57 Å². The number of hydrogen-bond donors (Lipinski definition) is 2. The van der Waals surface area contributed by atoms with Gasteiger partial charge < -0.3 is 5.73 Å². The third-order valence-corrected chi connectivity index (χ3v) is 4.07. The van der Waals surface area contributed by atoms with Crippen LogP contribution in [0.5, 0.6) is 0 Å². The van der Waals surface area contributed by atoms with Crippen molar-refractivity contribution in [3.8, 4) is 0 Å². The zero-order valence-electron chi connectivity index (χ0n) is 9.68. The maximum absolute atomic E-state index is 11.5. The lowest BCUT2D eigenvalue weighted by Gasteiger charge is -2.05. The number of nitrogens with two attached hydrogens (primary N) is 1. The summed E-state index contributed by atoms with van der Waals surface area (Å²) < 4.78 is 2.38. The largest absolute Gasteiger partial charge is 0.397 e. The Bertz CT molecular complexity index is 609. The summed E-state index contributed by atoms with van der Waals surface area (Å²) in [6.45, 7) is 2.63. The molecule has 2 rings (SSSR count). The highest BCUT2D eigenvalue weighted by molar-refractivity contribution is 9.10. The molecule has 0 aliphatic carbocycles. The van der Waals surface area contributed by atoms with E-state index >= 15 is 0 Å². The van der Waals surface area contributed by atoms with Crippen LogP contribution in [0.3, 0.4) is 0 Å². The van der Waals surface area contributed by atoms with Gasteiger partial charge in [-0.25, -0.2) is 14.9 Å². The highest BCUT2D eigenvalue weighted by Crippen LogP contribution is 2.30. The first-order chi connectivity index (χ1) is 8.61. The summed E-state index contributed by atoms with van der Waals surface area (Å²) in [6.07, 6.45) is 2.44. The maximum Gasteiger partial charge on any atom is 0.343 e. The second-order valence-electron chi connectivity index (χ2n) is 3.62. The van der Waals surface area contributed by atoms with Gasteiger partial charge in [-0.05, 0) is 40.2 Å². The molecule has 0 saturated heterocycles. The molecule has 2 heterocycles. The van der Waals surface area contributed by atoms with Gasteiger partial charge in [0, 0.05) is 6.54 Å². The lowest BCUT2D eigenvalue weighted by atomic mass is 10.4. The Kier molecular flexibility index (Phi) is 4.07. The fourth-order valence-electron chi connectivity index (χ4n) is 1.40. The van der Waals surface area contributed by atoms with E-state index in [4.69, 9.17) is 5.73 Å². The van der Waals surface area contributed by atoms with Crippen LogP contribution in [0, 0.1) is 0 Å². The van der Waals surface area contributed by atoms with Crippen LogP contribution >= 0.6 is 27.7 Å². The summed E-state index contributed by atoms with van der Waals surface area (Å²) in [4.78, 5) is 15.7. The molecule has 2 aromatic heterocycles. The molecule has 0 spiro atoms. The molecule has 0 radical (unpaired) electrons. The van der Waals surface area contributed by atoms with Crippen molar-refractivity contribution in [3.05, 3.63) is 27.2 Å². The van der Waals surface area contributed by atoms with Crippen molar-refractivity contribution >= 4 is 33.4 Å². The molecule has 0 unspecified atom stereocenters. The maximum atomic E-state index is 11.5. The highest BCUT2D eigenvalue weighted by Gasteiger charge is 2.12. The highest BCUT2D eigenvalue weighted by atomic mass is 79.9. The van der Waals surface area contributed by atoms with Crippen LogP contribution in [0.25, 0.3) is 0 Å². The van der Waals surface area contributed by atoms with Gasteiger partial charge in [0.2, 0.25) is 0 Å². The Labute approximate surface area is 116 Å². The molecule has 8 heteroatoms. The minimum atomic E-state index is -0.203. The number of pyridine rings is 1. The lowest BCUT2D eigenvalue weighted by molar-refractivity contribution is 0.603. The first-order valence-electron chi connectivity index (χ1n) is 5.36. The smallest absolute Gasteiger partial charge is 0.343 e. The first-order valence-corrected chi connectivity index (χ1v) is 6.97. The molecular formula is C10H12BrN5OS. The molecule has 0 aromatic carbocycles. The Hall–Kier alpha value is -1.28. The monoisotopic (exact) mass is 329 g/mol. The predicted octanol–water partition coefficient (Wildman–Crippen LogP) is 1.87. The summed E-state index contributed by atoms with van der Waals surface area (Å²) in [5.41, 5.74) is 6.00. The van der Waals surface area contributed by atoms with Gasteiger partial charge >= 0.3 is 5.69 Å². The van der Waals surface area contributed by atoms with Crippen molar-refractivity contribution in [2.24, 2.45) is 0 Å². The van der Waals surface area contributed by atoms with Crippen LogP contribution in [0.4, 0.5) is 5.69 Å². The van der Waals surface area contributed by atoms with Crippen LogP contribution in [-0.4, -0.2) is 19.7 Å². The second kappa shape index (κ2) is 5.57. The normalized spacial score (nSPS) is 10.8. The molecule has 0 atom stereocenters. The number of rotatable bonds is 4. The fraction of sp³-hybridized carbons (Fsp3) is 0.300. The molecule has 3 N–H and O–H groups in total. The molecule has 18 heavy (non-hydrogen) atoms. The van der Waals surface area contributed by atoms with E-state index in [2.05, 4.69) is 31.1 Å². The topological polar surface area (TPSA) is 89.6 Å². The van der Waals surface area contributed by atoms with Gasteiger partial charge in [0.05, 0.1) is 16.4 Å². The quantitative estimate of drug-likeness (QED) is 0.893. The molecule has 0 aliphatic rings. The van der Waals surface area contributed by atoms with Gasteiger partial charge in [-0.15, -0.1) is 5.10 Å². The van der Waals surface area contributed by atoms with Crippen LogP contribution in [0.2, 0.25) is 0 Å². The third-order valence-electron chi connectivity index (χ3n) is 2.19. The van der Waals surface area contributed by atoms with E-state index in [9.17, 15) is 4.79 Å². The number of aromatic nitrogens is 4. The number of hydrogen-bond acceptors (Lipinski definition) is 5. The number of nitrogens with zero attached hydrogens (tertiary/aromatic N) is 3. The molecule has 2 aromatic rings. The summed E-state index contributed by atoms with van der Waals surface area (Å²) in [6, 6.07) is 1.77. The van der Waals surface area contributed by atoms with Crippen LogP contribution in [0.15, 0.2) is 31.7 Å². The van der Waals surface area contributed by atoms with Gasteiger partial charge in [-0.2, -0.15) is 0 Å². The van der Waals surface area contributed by atoms with E-state index in [-0.39, 0.29) is 5.69 Å². The molecule has 96 valence electrons. The molecule has 0 fully saturated rings. The van der Waals surface area contributed by atoms with Crippen molar-refractivity contribution in [2.75, 3.05) is 5.73 Å². The number of nitrogens with one attached hydrogen (secondary N) is 1. The average molecular weight is 330 g/mol. The predicted molar refractivity (Wildman–Crippen MR) is 73.6 cm³/mol. The second-order valence-corrected chi connectivity index (χ2v) is 5.43. The number of aromatic amines is 1. The summed E-state index contributed by atoms with van der Waals surface area (Å²) in [7, 11) is 0. The average Bonchev–Trinajstić information content (AvgIpc) is 2.66. The van der Waals surface area contributed by atoms with Gasteiger partial charge in [0.15, 0.2) is 5.16 Å². The van der Waals surface area contributed by atoms with Crippen LogP contribution in [0.1, 0.15) is 13.3 Å². The molecule has 0 aliphatic heterocycles. The van der Waals surface area contributed by atoms with Gasteiger partial charge in [0.1, 0.15) is 5.03 Å². The number of nitrogen functional groups attached to an aromatic ring is 1. The summed E-state index contributed by atoms with van der Waals surface area (Å²) in [5, 5.41) is 7.75. The van der Waals surface area contributed by atoms with E-state index in [1.165, 1.54) is 11.8 Å². The Morgan fingerprint density at radius 3 is 3.06 bits per heavy atom. The standard InChI is InChI=1S/C10H12BrN5OS/c1-2-3-16-9(17)14-15-10(16)18-8-7(11)4-6(12)5-13-8/h4-5H,2-3,12H2,1H3,(H,14,17). The zero-order valence-corrected chi connectivity index (χ0v) is 12.1. The number of halogens is 1. The lowest BCUT2D eigenvalue weighted by Crippen LogP contribution is -2.17. The van der Waals surface area contributed by atoms with E-state index in [0.29, 0.717) is 17.4 Å². The van der Waals surface area contributed by atoms with E-state index in [1.54, 1.807) is 16.8 Å². The van der Waals surface area contributed by atoms with Gasteiger partial charge in [-0.1, -0.05) is 6.92 Å². The van der Waals surface area contributed by atoms with Crippen molar-refractivity contribution in [1.29, 1.82) is 0 Å². The van der Waals surface area contributed by atoms with E-state index < -0.39 is 0 Å². The minimum absolute atomic E-state index is 0.203. The molecule has 0 bridgehead atoms. The van der Waals surface area contributed by atoms with Crippen molar-refractivity contribution in [3.63, 3.8) is 0 Å². The first kappa shape index (κ1) is 13.2. The molecule has 6 nitrogen and oxygen atoms in total. The SMILES string of the molecule is CCCn1c(Sc2ncc(N)cc2Br)n[nH]c1=O. The third kappa shape index (κ3) is 2.75. The fourth-order valence-corrected chi connectivity index (χ4v) is 2.82. The Balaban J connectivity index is 2.31. The summed E-state index contributed by atoms with van der Waals surface area (Å²) >= 11 is 4.70. The van der Waals surface area contributed by atoms with E-state index in [0.717, 1.165) is 15.9 Å². The zero-order chi connectivity index (χ0) is 13.1. The number of anilines is 1. The van der Waals surface area contributed by atoms with Crippen molar-refractivity contribution in [2.45, 2.75) is 30.1 Å². The Morgan fingerprint density at radius 2 is 2.39 bits per heavy atom. The van der Waals surface area contributed by atoms with Crippen LogP contribution in [-0.2, 0) is 6.54 Å².